The lowest BCUT2D eigenvalue weighted by atomic mass is 9.93. The molecule has 0 amide bonds. The normalized spacial score (nSPS) is 18.2. The van der Waals surface area contributed by atoms with Crippen LogP contribution in [-0.4, -0.2) is 0 Å². The largest absolute Gasteiger partial charge is 0.0839 e. The van der Waals surface area contributed by atoms with Crippen molar-refractivity contribution < 1.29 is 0 Å². The highest BCUT2D eigenvalue weighted by molar-refractivity contribution is 9.09. The van der Waals surface area contributed by atoms with Gasteiger partial charge < -0.3 is 0 Å². The summed E-state index contributed by atoms with van der Waals surface area (Å²) in [5.74, 6) is 0.996. The van der Waals surface area contributed by atoms with E-state index in [1.807, 2.05) is 0 Å². The van der Waals surface area contributed by atoms with E-state index in [1.165, 1.54) is 60.8 Å². The first-order valence-corrected chi connectivity index (χ1v) is 8.21. The Balaban J connectivity index is 2.01. The zero-order valence-electron chi connectivity index (χ0n) is 11.9. The summed E-state index contributed by atoms with van der Waals surface area (Å²) in [7, 11) is 0. The van der Waals surface area contributed by atoms with Gasteiger partial charge in [-0.15, -0.1) is 0 Å². The highest BCUT2D eigenvalue weighted by Gasteiger charge is 2.19. The molecule has 0 N–H and O–H groups in total. The molecule has 1 aromatic rings. The number of aryl methyl sites for hydroxylation is 3. The van der Waals surface area contributed by atoms with E-state index in [2.05, 4.69) is 48.8 Å². The molecule has 0 bridgehead atoms. The van der Waals surface area contributed by atoms with Crippen LogP contribution in [0.2, 0.25) is 0 Å². The molecule has 1 aliphatic rings. The molecule has 1 aliphatic carbocycles. The lowest BCUT2D eigenvalue weighted by molar-refractivity contribution is 0.482. The van der Waals surface area contributed by atoms with Crippen molar-refractivity contribution in [2.24, 2.45) is 5.92 Å². The van der Waals surface area contributed by atoms with Crippen LogP contribution in [0.1, 0.15) is 65.6 Å². The number of halogens is 1. The average Bonchev–Trinajstić information content (AvgIpc) is 2.77. The Morgan fingerprint density at radius 2 is 1.67 bits per heavy atom. The van der Waals surface area contributed by atoms with Crippen molar-refractivity contribution in [1.82, 2.24) is 0 Å². The van der Waals surface area contributed by atoms with Gasteiger partial charge in [-0.05, 0) is 56.2 Å². The lowest BCUT2D eigenvalue weighted by Crippen LogP contribution is -2.01. The Bertz CT molecular complexity index is 379. The van der Waals surface area contributed by atoms with Gasteiger partial charge in [0.15, 0.2) is 0 Å². The SMILES string of the molecule is Cc1cc(C)c(C(Br)CCC2CCCC2)c(C)c1. The van der Waals surface area contributed by atoms with Gasteiger partial charge in [-0.25, -0.2) is 0 Å². The van der Waals surface area contributed by atoms with Gasteiger partial charge in [-0.1, -0.05) is 59.3 Å². The molecule has 0 aromatic heterocycles. The van der Waals surface area contributed by atoms with Crippen LogP contribution in [0.4, 0.5) is 0 Å². The third kappa shape index (κ3) is 3.38. The van der Waals surface area contributed by atoms with Gasteiger partial charge in [0.1, 0.15) is 0 Å². The summed E-state index contributed by atoms with van der Waals surface area (Å²) in [6, 6.07) is 4.62. The second-order valence-corrected chi connectivity index (χ2v) is 7.11. The predicted octanol–water partition coefficient (Wildman–Crippen LogP) is 6.02. The maximum Gasteiger partial charge on any atom is 0.0400 e. The van der Waals surface area contributed by atoms with Crippen molar-refractivity contribution in [1.29, 1.82) is 0 Å². The number of hydrogen-bond donors (Lipinski definition) is 0. The summed E-state index contributed by atoms with van der Waals surface area (Å²) >= 11 is 3.92. The summed E-state index contributed by atoms with van der Waals surface area (Å²) in [6.07, 6.45) is 8.52. The summed E-state index contributed by atoms with van der Waals surface area (Å²) in [5.41, 5.74) is 5.80. The summed E-state index contributed by atoms with van der Waals surface area (Å²) in [6.45, 7) is 6.68. The Kier molecular flexibility index (Phi) is 4.89. The molecule has 1 aromatic carbocycles. The maximum absolute atomic E-state index is 3.92. The van der Waals surface area contributed by atoms with Gasteiger partial charge in [0.25, 0.3) is 0 Å². The van der Waals surface area contributed by atoms with E-state index < -0.39 is 0 Å². The van der Waals surface area contributed by atoms with Crippen LogP contribution in [0.3, 0.4) is 0 Å². The smallest absolute Gasteiger partial charge is 0.0400 e. The van der Waals surface area contributed by atoms with Crippen molar-refractivity contribution >= 4 is 15.9 Å². The first kappa shape index (κ1) is 14.1. The van der Waals surface area contributed by atoms with E-state index >= 15 is 0 Å². The molecule has 1 heteroatoms. The molecule has 0 radical (unpaired) electrons. The molecule has 0 nitrogen and oxygen atoms in total. The Labute approximate surface area is 120 Å². The molecule has 0 heterocycles. The number of benzene rings is 1. The van der Waals surface area contributed by atoms with Crippen molar-refractivity contribution in [2.75, 3.05) is 0 Å². The van der Waals surface area contributed by atoms with Gasteiger partial charge >= 0.3 is 0 Å². The molecule has 0 saturated heterocycles. The second kappa shape index (κ2) is 6.23. The van der Waals surface area contributed by atoms with Gasteiger partial charge in [0.2, 0.25) is 0 Å². The third-order valence-corrected chi connectivity index (χ3v) is 5.27. The fourth-order valence-corrected chi connectivity index (χ4v) is 4.50. The molecule has 100 valence electrons. The topological polar surface area (TPSA) is 0 Å². The Hall–Kier alpha value is -0.300. The first-order chi connectivity index (χ1) is 8.58. The third-order valence-electron chi connectivity index (χ3n) is 4.35. The number of hydrogen-bond acceptors (Lipinski definition) is 0. The van der Waals surface area contributed by atoms with Gasteiger partial charge in [-0.3, -0.25) is 0 Å². The van der Waals surface area contributed by atoms with Gasteiger partial charge in [0.05, 0.1) is 0 Å². The quantitative estimate of drug-likeness (QED) is 0.597. The fraction of sp³-hybridized carbons (Fsp3) is 0.647. The second-order valence-electron chi connectivity index (χ2n) is 6.01. The van der Waals surface area contributed by atoms with E-state index in [0.717, 1.165) is 5.92 Å². The van der Waals surface area contributed by atoms with Crippen LogP contribution >= 0.6 is 15.9 Å². The Morgan fingerprint density at radius 1 is 1.11 bits per heavy atom. The molecule has 1 saturated carbocycles. The summed E-state index contributed by atoms with van der Waals surface area (Å²) < 4.78 is 0. The first-order valence-electron chi connectivity index (χ1n) is 7.29. The molecular weight excluding hydrogens is 284 g/mol. The van der Waals surface area contributed by atoms with E-state index in [9.17, 15) is 0 Å². The fourth-order valence-electron chi connectivity index (χ4n) is 3.51. The van der Waals surface area contributed by atoms with E-state index in [-0.39, 0.29) is 0 Å². The summed E-state index contributed by atoms with van der Waals surface area (Å²) in [5, 5.41) is 0. The summed E-state index contributed by atoms with van der Waals surface area (Å²) in [4.78, 5) is 0.540. The minimum absolute atomic E-state index is 0.540. The van der Waals surface area contributed by atoms with Gasteiger partial charge in [0, 0.05) is 4.83 Å². The molecule has 1 unspecified atom stereocenters. The Morgan fingerprint density at radius 3 is 2.22 bits per heavy atom. The minimum Gasteiger partial charge on any atom is -0.0839 e. The molecule has 1 atom stereocenters. The van der Waals surface area contributed by atoms with Crippen LogP contribution in [0.5, 0.6) is 0 Å². The molecular formula is C17H25Br. The van der Waals surface area contributed by atoms with Crippen LogP contribution in [0, 0.1) is 26.7 Å². The van der Waals surface area contributed by atoms with Crippen LogP contribution in [-0.2, 0) is 0 Å². The van der Waals surface area contributed by atoms with E-state index in [1.54, 1.807) is 0 Å². The standard InChI is InChI=1S/C17H25Br/c1-12-10-13(2)17(14(3)11-12)16(18)9-8-15-6-4-5-7-15/h10-11,15-16H,4-9H2,1-3H3. The minimum atomic E-state index is 0.540. The predicted molar refractivity (Wildman–Crippen MR) is 83.5 cm³/mol. The molecule has 1 fully saturated rings. The van der Waals surface area contributed by atoms with E-state index in [0.29, 0.717) is 4.83 Å². The maximum atomic E-state index is 3.92. The zero-order chi connectivity index (χ0) is 13.1. The molecule has 18 heavy (non-hydrogen) atoms. The van der Waals surface area contributed by atoms with Crippen LogP contribution < -0.4 is 0 Å². The highest BCUT2D eigenvalue weighted by Crippen LogP contribution is 2.37. The highest BCUT2D eigenvalue weighted by atomic mass is 79.9. The zero-order valence-corrected chi connectivity index (χ0v) is 13.5. The molecule has 0 spiro atoms. The monoisotopic (exact) mass is 308 g/mol. The van der Waals surface area contributed by atoms with Crippen molar-refractivity contribution in [3.63, 3.8) is 0 Å². The van der Waals surface area contributed by atoms with Crippen LogP contribution in [0.15, 0.2) is 12.1 Å². The van der Waals surface area contributed by atoms with Crippen LogP contribution in [0.25, 0.3) is 0 Å². The van der Waals surface area contributed by atoms with Crippen molar-refractivity contribution in [2.45, 2.75) is 64.1 Å². The average molecular weight is 309 g/mol. The number of alkyl halides is 1. The molecule has 2 rings (SSSR count). The van der Waals surface area contributed by atoms with E-state index in [4.69, 9.17) is 0 Å². The molecule has 0 aliphatic heterocycles. The van der Waals surface area contributed by atoms with Gasteiger partial charge in [-0.2, -0.15) is 0 Å². The lowest BCUT2D eigenvalue weighted by Gasteiger charge is -2.18. The van der Waals surface area contributed by atoms with Crippen molar-refractivity contribution in [3.8, 4) is 0 Å². The van der Waals surface area contributed by atoms with Crippen molar-refractivity contribution in [3.05, 3.63) is 34.4 Å². The number of rotatable bonds is 4.